The third-order valence-electron chi connectivity index (χ3n) is 2.61. The second kappa shape index (κ2) is 5.94. The van der Waals surface area contributed by atoms with Crippen LogP contribution in [0.1, 0.15) is 17.2 Å². The Kier molecular flexibility index (Phi) is 4.52. The van der Waals surface area contributed by atoms with Gasteiger partial charge < -0.3 is 5.11 Å². The predicted molar refractivity (Wildman–Crippen MR) is 76.6 cm³/mol. The van der Waals surface area contributed by atoms with Crippen molar-refractivity contribution < 1.29 is 5.11 Å². The summed E-state index contributed by atoms with van der Waals surface area (Å²) >= 11 is 17.6. The Morgan fingerprint density at radius 3 is 1.94 bits per heavy atom. The van der Waals surface area contributed by atoms with E-state index in [4.69, 9.17) is 34.8 Å². The van der Waals surface area contributed by atoms with Gasteiger partial charge in [0, 0.05) is 21.5 Å². The lowest BCUT2D eigenvalue weighted by Gasteiger charge is -2.12. The van der Waals surface area contributed by atoms with Crippen molar-refractivity contribution in [2.75, 3.05) is 0 Å². The normalized spacial score (nSPS) is 12.4. The fraction of sp³-hybridized carbons (Fsp3) is 0.143. The number of hydrogen-bond donors (Lipinski definition) is 1. The van der Waals surface area contributed by atoms with E-state index < -0.39 is 6.10 Å². The smallest absolute Gasteiger partial charge is 0.0831 e. The van der Waals surface area contributed by atoms with Crippen molar-refractivity contribution in [3.05, 3.63) is 68.7 Å². The van der Waals surface area contributed by atoms with E-state index in [2.05, 4.69) is 0 Å². The van der Waals surface area contributed by atoms with Gasteiger partial charge in [-0.3, -0.25) is 0 Å². The van der Waals surface area contributed by atoms with Gasteiger partial charge in [0.1, 0.15) is 0 Å². The number of aliphatic hydroxyl groups excluding tert-OH is 1. The lowest BCUT2D eigenvalue weighted by atomic mass is 10.0. The zero-order valence-corrected chi connectivity index (χ0v) is 11.7. The third kappa shape index (κ3) is 3.63. The van der Waals surface area contributed by atoms with Crippen LogP contribution in [-0.2, 0) is 6.42 Å². The standard InChI is InChI=1S/C14H11Cl3O/c15-11-3-1-9(2-4-11)5-14(18)10-6-12(16)8-13(17)7-10/h1-4,6-8,14,18H,5H2. The van der Waals surface area contributed by atoms with Crippen LogP contribution >= 0.6 is 34.8 Å². The molecule has 0 aliphatic carbocycles. The summed E-state index contributed by atoms with van der Waals surface area (Å²) in [4.78, 5) is 0. The molecule has 0 bridgehead atoms. The Labute approximate surface area is 121 Å². The molecule has 18 heavy (non-hydrogen) atoms. The molecule has 1 N–H and O–H groups in total. The van der Waals surface area contributed by atoms with Crippen LogP contribution in [0, 0.1) is 0 Å². The zero-order chi connectivity index (χ0) is 13.1. The number of hydrogen-bond acceptors (Lipinski definition) is 1. The lowest BCUT2D eigenvalue weighted by molar-refractivity contribution is 0.178. The Morgan fingerprint density at radius 2 is 1.39 bits per heavy atom. The maximum atomic E-state index is 10.1. The molecule has 0 aliphatic rings. The molecule has 0 saturated carbocycles. The molecule has 2 aromatic carbocycles. The van der Waals surface area contributed by atoms with Crippen molar-refractivity contribution in [3.8, 4) is 0 Å². The molecule has 4 heteroatoms. The molecule has 0 amide bonds. The number of benzene rings is 2. The van der Waals surface area contributed by atoms with Crippen LogP contribution in [0.15, 0.2) is 42.5 Å². The minimum absolute atomic E-state index is 0.494. The van der Waals surface area contributed by atoms with Crippen molar-refractivity contribution in [1.29, 1.82) is 0 Å². The Morgan fingerprint density at radius 1 is 0.833 bits per heavy atom. The van der Waals surface area contributed by atoms with Crippen molar-refractivity contribution in [1.82, 2.24) is 0 Å². The van der Waals surface area contributed by atoms with Crippen LogP contribution in [0.5, 0.6) is 0 Å². The van der Waals surface area contributed by atoms with Gasteiger partial charge in [-0.25, -0.2) is 0 Å². The number of halogens is 3. The van der Waals surface area contributed by atoms with Crippen molar-refractivity contribution in [2.45, 2.75) is 12.5 Å². The summed E-state index contributed by atoms with van der Waals surface area (Å²) in [6.45, 7) is 0. The first-order chi connectivity index (χ1) is 8.54. The van der Waals surface area contributed by atoms with Gasteiger partial charge in [-0.1, -0.05) is 46.9 Å². The van der Waals surface area contributed by atoms with Crippen LogP contribution in [0.3, 0.4) is 0 Å². The van der Waals surface area contributed by atoms with Crippen LogP contribution in [0.4, 0.5) is 0 Å². The molecular formula is C14H11Cl3O. The molecule has 0 aliphatic heterocycles. The maximum Gasteiger partial charge on any atom is 0.0831 e. The fourth-order valence-corrected chi connectivity index (χ4v) is 2.40. The van der Waals surface area contributed by atoms with E-state index in [1.807, 2.05) is 12.1 Å². The van der Waals surface area contributed by atoms with Crippen molar-refractivity contribution in [2.24, 2.45) is 0 Å². The van der Waals surface area contributed by atoms with E-state index in [1.165, 1.54) is 0 Å². The number of aliphatic hydroxyl groups is 1. The summed E-state index contributed by atoms with van der Waals surface area (Å²) in [7, 11) is 0. The van der Waals surface area contributed by atoms with E-state index in [-0.39, 0.29) is 0 Å². The van der Waals surface area contributed by atoms with Gasteiger partial charge in [0.25, 0.3) is 0 Å². The first-order valence-corrected chi connectivity index (χ1v) is 6.56. The second-order valence-corrected chi connectivity index (χ2v) is 5.36. The summed E-state index contributed by atoms with van der Waals surface area (Å²) in [6.07, 6.45) is -0.143. The summed E-state index contributed by atoms with van der Waals surface area (Å²) in [5, 5.41) is 11.9. The molecule has 0 fully saturated rings. The predicted octanol–water partition coefficient (Wildman–Crippen LogP) is 4.92. The van der Waals surface area contributed by atoms with Gasteiger partial charge in [0.2, 0.25) is 0 Å². The average molecular weight is 302 g/mol. The van der Waals surface area contributed by atoms with Crippen molar-refractivity contribution >= 4 is 34.8 Å². The number of rotatable bonds is 3. The Balaban J connectivity index is 2.16. The van der Waals surface area contributed by atoms with E-state index in [9.17, 15) is 5.11 Å². The SMILES string of the molecule is OC(Cc1ccc(Cl)cc1)c1cc(Cl)cc(Cl)c1. The van der Waals surface area contributed by atoms with Crippen LogP contribution < -0.4 is 0 Å². The highest BCUT2D eigenvalue weighted by Crippen LogP contribution is 2.26. The van der Waals surface area contributed by atoms with E-state index in [0.29, 0.717) is 27.1 Å². The summed E-state index contributed by atoms with van der Waals surface area (Å²) < 4.78 is 0. The van der Waals surface area contributed by atoms with Gasteiger partial charge in [0.05, 0.1) is 6.10 Å². The molecule has 0 spiro atoms. The highest BCUT2D eigenvalue weighted by molar-refractivity contribution is 6.34. The maximum absolute atomic E-state index is 10.1. The van der Waals surface area contributed by atoms with E-state index in [1.54, 1.807) is 30.3 Å². The molecule has 2 aromatic rings. The minimum Gasteiger partial charge on any atom is -0.388 e. The van der Waals surface area contributed by atoms with E-state index in [0.717, 1.165) is 5.56 Å². The summed E-state index contributed by atoms with van der Waals surface area (Å²) in [5.41, 5.74) is 1.71. The summed E-state index contributed by atoms with van der Waals surface area (Å²) in [6, 6.07) is 12.4. The molecule has 2 rings (SSSR count). The zero-order valence-electron chi connectivity index (χ0n) is 9.41. The van der Waals surface area contributed by atoms with Gasteiger partial charge in [0.15, 0.2) is 0 Å². The first kappa shape index (κ1) is 13.7. The molecular weight excluding hydrogens is 291 g/mol. The quantitative estimate of drug-likeness (QED) is 0.853. The third-order valence-corrected chi connectivity index (χ3v) is 3.30. The molecule has 1 nitrogen and oxygen atoms in total. The van der Waals surface area contributed by atoms with Gasteiger partial charge in [-0.05, 0) is 41.5 Å². The topological polar surface area (TPSA) is 20.2 Å². The molecule has 0 radical (unpaired) electrons. The van der Waals surface area contributed by atoms with Crippen LogP contribution in [-0.4, -0.2) is 5.11 Å². The van der Waals surface area contributed by atoms with Gasteiger partial charge in [-0.2, -0.15) is 0 Å². The largest absolute Gasteiger partial charge is 0.388 e. The van der Waals surface area contributed by atoms with Crippen LogP contribution in [0.25, 0.3) is 0 Å². The lowest BCUT2D eigenvalue weighted by Crippen LogP contribution is -2.01. The first-order valence-electron chi connectivity index (χ1n) is 5.43. The Hall–Kier alpha value is -0.730. The highest BCUT2D eigenvalue weighted by atomic mass is 35.5. The molecule has 0 aromatic heterocycles. The fourth-order valence-electron chi connectivity index (χ4n) is 1.73. The van der Waals surface area contributed by atoms with Gasteiger partial charge in [-0.15, -0.1) is 0 Å². The molecule has 94 valence electrons. The Bertz CT molecular complexity index is 517. The molecule has 0 heterocycles. The molecule has 0 saturated heterocycles. The molecule has 1 unspecified atom stereocenters. The van der Waals surface area contributed by atoms with Crippen LogP contribution in [0.2, 0.25) is 15.1 Å². The monoisotopic (exact) mass is 300 g/mol. The highest BCUT2D eigenvalue weighted by Gasteiger charge is 2.10. The average Bonchev–Trinajstić information content (AvgIpc) is 2.31. The molecule has 1 atom stereocenters. The second-order valence-electron chi connectivity index (χ2n) is 4.05. The van der Waals surface area contributed by atoms with Crippen molar-refractivity contribution in [3.63, 3.8) is 0 Å². The van der Waals surface area contributed by atoms with E-state index >= 15 is 0 Å². The summed E-state index contributed by atoms with van der Waals surface area (Å²) in [5.74, 6) is 0. The minimum atomic E-state index is -0.637. The van der Waals surface area contributed by atoms with Gasteiger partial charge >= 0.3 is 0 Å².